The number of hydrogen-bond donors (Lipinski definition) is 1. The third-order valence-corrected chi connectivity index (χ3v) is 2.98. The van der Waals surface area contributed by atoms with E-state index in [0.29, 0.717) is 18.3 Å². The molecule has 86 valence electrons. The first kappa shape index (κ1) is 11.1. The molecule has 0 amide bonds. The largest absolute Gasteiger partial charge is 0.496 e. The number of nitrogens with two attached hydrogens (primary N) is 1. The standard InChI is InChI=1S/C10H13N3O2S/c1-14-7-5-8(16-6-7)10-13-12-9(15-10)3-2-4-11/h5-6H,2-4,11H2,1H3. The fourth-order valence-electron chi connectivity index (χ4n) is 1.25. The van der Waals surface area contributed by atoms with Crippen molar-refractivity contribution in [3.8, 4) is 16.5 Å². The highest BCUT2D eigenvalue weighted by molar-refractivity contribution is 7.13. The summed E-state index contributed by atoms with van der Waals surface area (Å²) in [6.45, 7) is 0.630. The lowest BCUT2D eigenvalue weighted by molar-refractivity contribution is 0.416. The first-order valence-corrected chi connectivity index (χ1v) is 5.87. The number of nitrogens with zero attached hydrogens (tertiary/aromatic N) is 2. The van der Waals surface area contributed by atoms with Crippen LogP contribution in [-0.2, 0) is 6.42 Å². The van der Waals surface area contributed by atoms with Crippen molar-refractivity contribution in [1.29, 1.82) is 0 Å². The summed E-state index contributed by atoms with van der Waals surface area (Å²) in [5.74, 6) is 1.98. The quantitative estimate of drug-likeness (QED) is 0.859. The van der Waals surface area contributed by atoms with Crippen molar-refractivity contribution < 1.29 is 9.15 Å². The zero-order valence-corrected chi connectivity index (χ0v) is 9.79. The zero-order valence-electron chi connectivity index (χ0n) is 8.97. The lowest BCUT2D eigenvalue weighted by atomic mass is 10.3. The maximum absolute atomic E-state index is 5.51. The lowest BCUT2D eigenvalue weighted by Gasteiger charge is -1.90. The Hall–Kier alpha value is -1.40. The van der Waals surface area contributed by atoms with Gasteiger partial charge in [-0.15, -0.1) is 21.5 Å². The number of rotatable bonds is 5. The van der Waals surface area contributed by atoms with Crippen LogP contribution >= 0.6 is 11.3 Å². The first-order chi connectivity index (χ1) is 7.83. The Labute approximate surface area is 97.2 Å². The molecule has 6 heteroatoms. The van der Waals surface area contributed by atoms with Crippen LogP contribution in [0, 0.1) is 0 Å². The topological polar surface area (TPSA) is 74.2 Å². The lowest BCUT2D eigenvalue weighted by Crippen LogP contribution is -2.00. The van der Waals surface area contributed by atoms with Crippen LogP contribution in [0.3, 0.4) is 0 Å². The zero-order chi connectivity index (χ0) is 11.4. The van der Waals surface area contributed by atoms with Crippen LogP contribution in [0.5, 0.6) is 5.75 Å². The molecular weight excluding hydrogens is 226 g/mol. The molecule has 0 unspecified atom stereocenters. The van der Waals surface area contributed by atoms with Crippen molar-refractivity contribution >= 4 is 11.3 Å². The molecule has 0 aromatic carbocycles. The Morgan fingerprint density at radius 2 is 2.38 bits per heavy atom. The Balaban J connectivity index is 2.11. The van der Waals surface area contributed by atoms with E-state index in [-0.39, 0.29) is 0 Å². The summed E-state index contributed by atoms with van der Waals surface area (Å²) < 4.78 is 10.6. The van der Waals surface area contributed by atoms with E-state index in [0.717, 1.165) is 23.5 Å². The predicted molar refractivity (Wildman–Crippen MR) is 61.5 cm³/mol. The van der Waals surface area contributed by atoms with Crippen LogP contribution in [0.4, 0.5) is 0 Å². The van der Waals surface area contributed by atoms with Gasteiger partial charge >= 0.3 is 0 Å². The number of hydrogen-bond acceptors (Lipinski definition) is 6. The van der Waals surface area contributed by atoms with Crippen LogP contribution in [0.25, 0.3) is 10.8 Å². The van der Waals surface area contributed by atoms with Gasteiger partial charge in [-0.25, -0.2) is 0 Å². The van der Waals surface area contributed by atoms with Gasteiger partial charge in [0.15, 0.2) is 0 Å². The fraction of sp³-hybridized carbons (Fsp3) is 0.400. The molecule has 0 atom stereocenters. The molecule has 2 N–H and O–H groups in total. The van der Waals surface area contributed by atoms with Crippen molar-refractivity contribution in [2.75, 3.05) is 13.7 Å². The van der Waals surface area contributed by atoms with E-state index in [1.165, 1.54) is 11.3 Å². The number of thiophene rings is 1. The molecule has 0 spiro atoms. The summed E-state index contributed by atoms with van der Waals surface area (Å²) in [6.07, 6.45) is 1.58. The van der Waals surface area contributed by atoms with Gasteiger partial charge in [-0.3, -0.25) is 0 Å². The molecule has 0 bridgehead atoms. The minimum atomic E-state index is 0.542. The molecule has 0 aliphatic heterocycles. The van der Waals surface area contributed by atoms with Gasteiger partial charge < -0.3 is 14.9 Å². The Morgan fingerprint density at radius 1 is 1.50 bits per heavy atom. The second kappa shape index (κ2) is 5.09. The van der Waals surface area contributed by atoms with Gasteiger partial charge in [0.1, 0.15) is 5.75 Å². The van der Waals surface area contributed by atoms with Crippen LogP contribution in [-0.4, -0.2) is 23.9 Å². The van der Waals surface area contributed by atoms with Crippen LogP contribution < -0.4 is 10.5 Å². The van der Waals surface area contributed by atoms with E-state index in [1.54, 1.807) is 7.11 Å². The molecule has 16 heavy (non-hydrogen) atoms. The molecule has 2 heterocycles. The molecule has 0 aliphatic rings. The smallest absolute Gasteiger partial charge is 0.257 e. The molecular formula is C10H13N3O2S. The van der Waals surface area contributed by atoms with Crippen LogP contribution in [0.1, 0.15) is 12.3 Å². The SMILES string of the molecule is COc1csc(-c2nnc(CCCN)o2)c1. The van der Waals surface area contributed by atoms with Gasteiger partial charge in [0.2, 0.25) is 5.89 Å². The average molecular weight is 239 g/mol. The Bertz CT molecular complexity index is 452. The third-order valence-electron chi connectivity index (χ3n) is 2.08. The number of ether oxygens (including phenoxy) is 1. The minimum absolute atomic E-state index is 0.542. The molecule has 0 saturated carbocycles. The fourth-order valence-corrected chi connectivity index (χ4v) is 2.02. The third kappa shape index (κ3) is 2.40. The van der Waals surface area contributed by atoms with E-state index in [2.05, 4.69) is 10.2 Å². The summed E-state index contributed by atoms with van der Waals surface area (Å²) >= 11 is 1.52. The predicted octanol–water partition coefficient (Wildman–Crippen LogP) is 1.70. The normalized spacial score (nSPS) is 10.6. The first-order valence-electron chi connectivity index (χ1n) is 4.99. The minimum Gasteiger partial charge on any atom is -0.496 e. The second-order valence-corrected chi connectivity index (χ2v) is 4.16. The maximum atomic E-state index is 5.51. The number of aromatic nitrogens is 2. The van der Waals surface area contributed by atoms with E-state index >= 15 is 0 Å². The van der Waals surface area contributed by atoms with Gasteiger partial charge in [0.25, 0.3) is 5.89 Å². The van der Waals surface area contributed by atoms with Crippen molar-refractivity contribution in [1.82, 2.24) is 10.2 Å². The van der Waals surface area contributed by atoms with Gasteiger partial charge in [-0.1, -0.05) is 0 Å². The average Bonchev–Trinajstić information content (AvgIpc) is 2.94. The number of methoxy groups -OCH3 is 1. The van der Waals surface area contributed by atoms with Crippen molar-refractivity contribution in [3.63, 3.8) is 0 Å². The highest BCUT2D eigenvalue weighted by atomic mass is 32.1. The monoisotopic (exact) mass is 239 g/mol. The van der Waals surface area contributed by atoms with E-state index < -0.39 is 0 Å². The molecule has 5 nitrogen and oxygen atoms in total. The molecule has 0 saturated heterocycles. The number of aryl methyl sites for hydroxylation is 1. The molecule has 2 aromatic heterocycles. The van der Waals surface area contributed by atoms with Crippen molar-refractivity contribution in [3.05, 3.63) is 17.3 Å². The van der Waals surface area contributed by atoms with Crippen molar-refractivity contribution in [2.24, 2.45) is 5.73 Å². The molecule has 2 aromatic rings. The van der Waals surface area contributed by atoms with Crippen LogP contribution in [0.2, 0.25) is 0 Å². The van der Waals surface area contributed by atoms with Crippen LogP contribution in [0.15, 0.2) is 15.9 Å². The van der Waals surface area contributed by atoms with Gasteiger partial charge in [0.05, 0.1) is 12.0 Å². The van der Waals surface area contributed by atoms with E-state index in [9.17, 15) is 0 Å². The van der Waals surface area contributed by atoms with E-state index in [4.69, 9.17) is 14.9 Å². The highest BCUT2D eigenvalue weighted by Crippen LogP contribution is 2.29. The molecule has 2 rings (SSSR count). The summed E-state index contributed by atoms with van der Waals surface area (Å²) in [5.41, 5.74) is 5.41. The Morgan fingerprint density at radius 3 is 3.06 bits per heavy atom. The molecule has 0 radical (unpaired) electrons. The second-order valence-electron chi connectivity index (χ2n) is 3.24. The highest BCUT2D eigenvalue weighted by Gasteiger charge is 2.10. The summed E-state index contributed by atoms with van der Waals surface area (Å²) in [5, 5.41) is 9.85. The summed E-state index contributed by atoms with van der Waals surface area (Å²) in [6, 6.07) is 1.88. The molecule has 0 fully saturated rings. The van der Waals surface area contributed by atoms with Gasteiger partial charge in [0, 0.05) is 17.9 Å². The summed E-state index contributed by atoms with van der Waals surface area (Å²) in [7, 11) is 1.63. The van der Waals surface area contributed by atoms with Crippen molar-refractivity contribution in [2.45, 2.75) is 12.8 Å². The Kier molecular flexibility index (Phi) is 3.53. The van der Waals surface area contributed by atoms with Gasteiger partial charge in [-0.05, 0) is 13.0 Å². The summed E-state index contributed by atoms with van der Waals surface area (Å²) in [4.78, 5) is 0.920. The maximum Gasteiger partial charge on any atom is 0.257 e. The van der Waals surface area contributed by atoms with Gasteiger partial charge in [-0.2, -0.15) is 0 Å². The molecule has 0 aliphatic carbocycles. The van der Waals surface area contributed by atoms with E-state index in [1.807, 2.05) is 11.4 Å².